The number of rotatable bonds is 48. The first-order valence-corrected chi connectivity index (χ1v) is 28.1. The normalized spacial score (nSPS) is 14.5. The van der Waals surface area contributed by atoms with Crippen LogP contribution in [0.3, 0.4) is 0 Å². The maximum Gasteiger partial charge on any atom is 0.268 e. The largest absolute Gasteiger partial charge is 0.756 e. The fourth-order valence-electron chi connectivity index (χ4n) is 7.58. The van der Waals surface area contributed by atoms with E-state index >= 15 is 0 Å². The number of hydrogen-bond acceptors (Lipinski definition) is 6. The summed E-state index contributed by atoms with van der Waals surface area (Å²) in [5.74, 6) is -0.214. The Labute approximate surface area is 396 Å². The van der Waals surface area contributed by atoms with Gasteiger partial charge in [-0.05, 0) is 71.1 Å². The number of likely N-dealkylation sites (N-methyl/N-ethyl adjacent to an activating group) is 1. The molecule has 0 aliphatic heterocycles. The molecule has 0 aliphatic carbocycles. The molecular weight excluding hydrogens is 816 g/mol. The molecule has 0 aromatic rings. The van der Waals surface area contributed by atoms with Crippen molar-refractivity contribution in [2.75, 3.05) is 40.9 Å². The van der Waals surface area contributed by atoms with Gasteiger partial charge in [0.25, 0.3) is 7.82 Å². The van der Waals surface area contributed by atoms with Crippen LogP contribution in [0.25, 0.3) is 0 Å². The molecule has 0 bridgehead atoms. The number of amides is 1. The SMILES string of the molecule is C/C=C/CC/C=C/CC/C=C/C(O)C(COP(=O)([O-])OCC[N+](C)(C)C)NC(=O)CCCCCCCCCCCCCCCCCCC/C=C\C/C=C\CCCCCCCCCCC. The molecular formula is C55H103N2O6P. The van der Waals surface area contributed by atoms with Crippen LogP contribution in [0.5, 0.6) is 0 Å². The van der Waals surface area contributed by atoms with Crippen LogP contribution in [0.15, 0.2) is 60.8 Å². The summed E-state index contributed by atoms with van der Waals surface area (Å²) < 4.78 is 23.1. The lowest BCUT2D eigenvalue weighted by atomic mass is 10.0. The minimum Gasteiger partial charge on any atom is -0.756 e. The van der Waals surface area contributed by atoms with Crippen LogP contribution in [0.4, 0.5) is 0 Å². The van der Waals surface area contributed by atoms with Gasteiger partial charge in [0.15, 0.2) is 0 Å². The Bertz CT molecular complexity index is 1230. The van der Waals surface area contributed by atoms with Gasteiger partial charge in [0.1, 0.15) is 13.2 Å². The van der Waals surface area contributed by atoms with Crippen LogP contribution in [-0.4, -0.2) is 68.5 Å². The Morgan fingerprint density at radius 1 is 0.578 bits per heavy atom. The Hall–Kier alpha value is -1.80. The second kappa shape index (κ2) is 46.3. The summed E-state index contributed by atoms with van der Waals surface area (Å²) >= 11 is 0. The lowest BCUT2D eigenvalue weighted by Crippen LogP contribution is -2.45. The number of carbonyl (C=O) groups excluding carboxylic acids is 1. The molecule has 9 heteroatoms. The highest BCUT2D eigenvalue weighted by Gasteiger charge is 2.23. The van der Waals surface area contributed by atoms with Crippen LogP contribution in [-0.2, 0) is 18.4 Å². The van der Waals surface area contributed by atoms with Gasteiger partial charge in [0, 0.05) is 6.42 Å². The molecule has 0 saturated heterocycles. The Kier molecular flexibility index (Phi) is 45.0. The molecule has 0 saturated carbocycles. The molecule has 374 valence electrons. The molecule has 3 atom stereocenters. The van der Waals surface area contributed by atoms with Gasteiger partial charge >= 0.3 is 0 Å². The predicted octanol–water partition coefficient (Wildman–Crippen LogP) is 15.1. The summed E-state index contributed by atoms with van der Waals surface area (Å²) in [6, 6.07) is -0.908. The first-order chi connectivity index (χ1) is 31.0. The summed E-state index contributed by atoms with van der Waals surface area (Å²) in [4.78, 5) is 25.3. The quantitative estimate of drug-likeness (QED) is 0.0272. The number of phosphoric ester groups is 1. The number of phosphoric acid groups is 1. The summed E-state index contributed by atoms with van der Waals surface area (Å²) in [6.07, 6.45) is 62.0. The van der Waals surface area contributed by atoms with Gasteiger partial charge in [0.05, 0.1) is 39.9 Å². The highest BCUT2D eigenvalue weighted by atomic mass is 31.2. The zero-order valence-corrected chi connectivity index (χ0v) is 43.4. The van der Waals surface area contributed by atoms with E-state index in [4.69, 9.17) is 9.05 Å². The molecule has 64 heavy (non-hydrogen) atoms. The summed E-state index contributed by atoms with van der Waals surface area (Å²) in [5.41, 5.74) is 0. The third kappa shape index (κ3) is 48.1. The number of nitrogens with zero attached hydrogens (tertiary/aromatic N) is 1. The van der Waals surface area contributed by atoms with Gasteiger partial charge in [-0.1, -0.05) is 215 Å². The maximum absolute atomic E-state index is 12.9. The van der Waals surface area contributed by atoms with Gasteiger partial charge in [-0.2, -0.15) is 0 Å². The fourth-order valence-corrected chi connectivity index (χ4v) is 8.30. The third-order valence-electron chi connectivity index (χ3n) is 11.8. The fraction of sp³-hybridized carbons (Fsp3) is 0.800. The molecule has 0 radical (unpaired) electrons. The van der Waals surface area contributed by atoms with E-state index in [1.54, 1.807) is 6.08 Å². The molecule has 3 unspecified atom stereocenters. The molecule has 8 nitrogen and oxygen atoms in total. The number of quaternary nitrogens is 1. The Balaban J connectivity index is 3.95. The van der Waals surface area contributed by atoms with E-state index in [1.165, 1.54) is 161 Å². The monoisotopic (exact) mass is 919 g/mol. The minimum atomic E-state index is -4.60. The Morgan fingerprint density at radius 3 is 1.44 bits per heavy atom. The first kappa shape index (κ1) is 62.2. The topological polar surface area (TPSA) is 108 Å². The number of nitrogens with one attached hydrogen (secondary N) is 1. The number of aliphatic hydroxyl groups is 1. The van der Waals surface area contributed by atoms with Crippen molar-refractivity contribution in [1.29, 1.82) is 0 Å². The van der Waals surface area contributed by atoms with Crippen molar-refractivity contribution < 1.29 is 32.9 Å². The van der Waals surface area contributed by atoms with Crippen molar-refractivity contribution in [3.05, 3.63) is 60.8 Å². The summed E-state index contributed by atoms with van der Waals surface area (Å²) in [5, 5.41) is 13.7. The van der Waals surface area contributed by atoms with E-state index < -0.39 is 26.6 Å². The van der Waals surface area contributed by atoms with Gasteiger partial charge in [-0.3, -0.25) is 9.36 Å². The second-order valence-electron chi connectivity index (χ2n) is 19.2. The van der Waals surface area contributed by atoms with Crippen molar-refractivity contribution >= 4 is 13.7 Å². The predicted molar refractivity (Wildman–Crippen MR) is 274 cm³/mol. The van der Waals surface area contributed by atoms with E-state index in [0.717, 1.165) is 51.4 Å². The van der Waals surface area contributed by atoms with E-state index in [-0.39, 0.29) is 12.5 Å². The zero-order valence-electron chi connectivity index (χ0n) is 42.5. The highest BCUT2D eigenvalue weighted by molar-refractivity contribution is 7.45. The summed E-state index contributed by atoms with van der Waals surface area (Å²) in [6.45, 7) is 4.38. The molecule has 0 rings (SSSR count). The molecule has 0 fully saturated rings. The van der Waals surface area contributed by atoms with E-state index in [1.807, 2.05) is 40.2 Å². The molecule has 0 aliphatic rings. The van der Waals surface area contributed by atoms with E-state index in [0.29, 0.717) is 17.4 Å². The van der Waals surface area contributed by atoms with Crippen LogP contribution in [0.1, 0.15) is 232 Å². The standard InChI is InChI=1S/C55H103N2O6P/c1-6-8-10-12-14-16-17-18-19-20-21-22-23-24-25-26-27-28-29-30-31-32-33-34-35-36-37-38-39-41-43-45-47-49-55(59)56-53(52-63-64(60,61)62-51-50-57(3,4)5)54(58)48-46-44-42-40-15-13-11-9-7-2/h7,9,15,21-22,24-25,40,46,48,53-54,58H,6,8,10-14,16-20,23,26-39,41-45,47,49-52H2,1-5H3,(H-,56,59,60,61)/b9-7+,22-21-,25-24-,40-15+,48-46+. The smallest absolute Gasteiger partial charge is 0.268 e. The molecule has 0 aromatic carbocycles. The number of aliphatic hydroxyl groups excluding tert-OH is 1. The van der Waals surface area contributed by atoms with Crippen LogP contribution in [0.2, 0.25) is 0 Å². The molecule has 0 aromatic heterocycles. The minimum absolute atomic E-state index is 0.0104. The van der Waals surface area contributed by atoms with Gasteiger partial charge < -0.3 is 28.8 Å². The van der Waals surface area contributed by atoms with Crippen molar-refractivity contribution in [2.24, 2.45) is 0 Å². The lowest BCUT2D eigenvalue weighted by Gasteiger charge is -2.29. The highest BCUT2D eigenvalue weighted by Crippen LogP contribution is 2.38. The van der Waals surface area contributed by atoms with Crippen molar-refractivity contribution in [3.63, 3.8) is 0 Å². The second-order valence-corrected chi connectivity index (χ2v) is 20.6. The lowest BCUT2D eigenvalue weighted by molar-refractivity contribution is -0.870. The van der Waals surface area contributed by atoms with Crippen LogP contribution >= 0.6 is 7.82 Å². The van der Waals surface area contributed by atoms with Gasteiger partial charge in [0.2, 0.25) is 5.91 Å². The van der Waals surface area contributed by atoms with Crippen molar-refractivity contribution in [1.82, 2.24) is 5.32 Å². The van der Waals surface area contributed by atoms with E-state index in [9.17, 15) is 19.4 Å². The maximum atomic E-state index is 12.9. The van der Waals surface area contributed by atoms with Crippen molar-refractivity contribution in [3.8, 4) is 0 Å². The molecule has 0 spiro atoms. The zero-order chi connectivity index (χ0) is 47.1. The number of unbranched alkanes of at least 4 members (excludes halogenated alkanes) is 28. The molecule has 2 N–H and O–H groups in total. The number of allylic oxidation sites excluding steroid dienone is 9. The van der Waals surface area contributed by atoms with Gasteiger partial charge in [-0.15, -0.1) is 0 Å². The molecule has 1 amide bonds. The number of carbonyl (C=O) groups is 1. The number of hydrogen-bond donors (Lipinski definition) is 2. The Morgan fingerprint density at radius 2 is 0.984 bits per heavy atom. The molecule has 0 heterocycles. The van der Waals surface area contributed by atoms with Crippen LogP contribution < -0.4 is 10.2 Å². The average molecular weight is 919 g/mol. The van der Waals surface area contributed by atoms with Gasteiger partial charge in [-0.25, -0.2) is 0 Å². The summed E-state index contributed by atoms with van der Waals surface area (Å²) in [7, 11) is 1.23. The average Bonchev–Trinajstić information content (AvgIpc) is 3.25. The first-order valence-electron chi connectivity index (χ1n) is 26.6. The van der Waals surface area contributed by atoms with E-state index in [2.05, 4.69) is 54.8 Å². The third-order valence-corrected chi connectivity index (χ3v) is 12.7. The van der Waals surface area contributed by atoms with Crippen molar-refractivity contribution in [2.45, 2.75) is 244 Å². The van der Waals surface area contributed by atoms with Crippen LogP contribution in [0, 0.1) is 0 Å².